The molecule has 1 amide bonds. The lowest BCUT2D eigenvalue weighted by molar-refractivity contribution is -0.169. The van der Waals surface area contributed by atoms with Crippen molar-refractivity contribution in [1.29, 1.82) is 0 Å². The van der Waals surface area contributed by atoms with Crippen molar-refractivity contribution in [3.05, 3.63) is 29.1 Å². The largest absolute Gasteiger partial charge is 0.314 e. The monoisotopic (exact) mass is 330 g/mol. The second-order valence-electron chi connectivity index (χ2n) is 8.00. The molecule has 3 saturated carbocycles. The molecule has 1 atom stereocenters. The summed E-state index contributed by atoms with van der Waals surface area (Å²) in [4.78, 5) is 18.7. The van der Waals surface area contributed by atoms with Crippen LogP contribution >= 0.6 is 0 Å². The van der Waals surface area contributed by atoms with E-state index in [-0.39, 0.29) is 0 Å². The van der Waals surface area contributed by atoms with Crippen LogP contribution in [0.5, 0.6) is 0 Å². The molecule has 3 aliphatic carbocycles. The smallest absolute Gasteiger partial charge is 0.276 e. The first-order valence-corrected chi connectivity index (χ1v) is 8.87. The Morgan fingerprint density at radius 1 is 1.46 bits per heavy atom. The molecule has 0 saturated heterocycles. The highest BCUT2D eigenvalue weighted by atomic mass is 16.5. The van der Waals surface area contributed by atoms with Crippen molar-refractivity contribution in [1.82, 2.24) is 20.7 Å². The van der Waals surface area contributed by atoms with Crippen LogP contribution < -0.4 is 10.8 Å². The fourth-order valence-corrected chi connectivity index (χ4v) is 5.20. The standard InChI is InChI=1S/C18H26N4O2/c1-3-14-5-15-13(4-12(6-20-15)16(23)21-24)7-22(14)11-17-8-18(9-17,10-17)19-2/h4,6,14,19,24H,3,5,7-11H2,1-2H3,(H,21,23)/t14-,17?,18?/m1/s1. The van der Waals surface area contributed by atoms with E-state index >= 15 is 0 Å². The van der Waals surface area contributed by atoms with E-state index in [9.17, 15) is 4.79 Å². The normalized spacial score (nSPS) is 34.0. The number of nitrogens with one attached hydrogen (secondary N) is 2. The molecular formula is C18H26N4O2. The number of nitrogens with zero attached hydrogens (tertiary/aromatic N) is 2. The Hall–Kier alpha value is -1.50. The third kappa shape index (κ3) is 2.36. The van der Waals surface area contributed by atoms with E-state index in [2.05, 4.69) is 29.2 Å². The van der Waals surface area contributed by atoms with Gasteiger partial charge in [-0.1, -0.05) is 6.92 Å². The summed E-state index contributed by atoms with van der Waals surface area (Å²) in [6, 6.07) is 2.41. The topological polar surface area (TPSA) is 77.5 Å². The molecule has 0 aromatic carbocycles. The molecule has 6 heteroatoms. The molecule has 1 aromatic heterocycles. The van der Waals surface area contributed by atoms with Gasteiger partial charge in [-0.3, -0.25) is 19.9 Å². The average Bonchev–Trinajstić information content (AvgIpc) is 2.54. The molecule has 0 radical (unpaired) electrons. The fraction of sp³-hybridized carbons (Fsp3) is 0.667. The minimum atomic E-state index is -0.496. The van der Waals surface area contributed by atoms with Gasteiger partial charge in [0.2, 0.25) is 0 Å². The Morgan fingerprint density at radius 3 is 2.83 bits per heavy atom. The highest BCUT2D eigenvalue weighted by Crippen LogP contribution is 2.67. The third-order valence-electron chi connectivity index (χ3n) is 6.42. The van der Waals surface area contributed by atoms with Gasteiger partial charge in [-0.05, 0) is 49.8 Å². The van der Waals surface area contributed by atoms with Gasteiger partial charge in [-0.15, -0.1) is 0 Å². The number of fused-ring (bicyclic) bond motifs is 1. The highest BCUT2D eigenvalue weighted by Gasteiger charge is 2.67. The first-order chi connectivity index (χ1) is 11.5. The van der Waals surface area contributed by atoms with E-state index in [1.165, 1.54) is 19.3 Å². The van der Waals surface area contributed by atoms with Gasteiger partial charge in [0.15, 0.2) is 0 Å². The number of aromatic nitrogens is 1. The Kier molecular flexibility index (Phi) is 3.67. The van der Waals surface area contributed by atoms with E-state index < -0.39 is 5.91 Å². The predicted octanol–water partition coefficient (Wildman–Crippen LogP) is 1.48. The van der Waals surface area contributed by atoms with Gasteiger partial charge in [-0.25, -0.2) is 5.48 Å². The van der Waals surface area contributed by atoms with Gasteiger partial charge in [0.1, 0.15) is 0 Å². The maximum Gasteiger partial charge on any atom is 0.276 e. The first-order valence-electron chi connectivity index (χ1n) is 8.87. The van der Waals surface area contributed by atoms with Gasteiger partial charge in [0, 0.05) is 43.0 Å². The van der Waals surface area contributed by atoms with Gasteiger partial charge in [0.05, 0.1) is 5.56 Å². The average molecular weight is 330 g/mol. The van der Waals surface area contributed by atoms with Gasteiger partial charge in [0.25, 0.3) is 5.91 Å². The van der Waals surface area contributed by atoms with Crippen LogP contribution in [-0.2, 0) is 13.0 Å². The number of hydrogen-bond donors (Lipinski definition) is 3. The van der Waals surface area contributed by atoms with Crippen LogP contribution in [0.4, 0.5) is 0 Å². The third-order valence-corrected chi connectivity index (χ3v) is 6.42. The molecule has 2 heterocycles. The van der Waals surface area contributed by atoms with E-state index in [4.69, 9.17) is 5.21 Å². The van der Waals surface area contributed by atoms with E-state index in [1.807, 2.05) is 6.07 Å². The minimum Gasteiger partial charge on any atom is -0.314 e. The molecule has 4 aliphatic rings. The zero-order chi connectivity index (χ0) is 16.9. The quantitative estimate of drug-likeness (QED) is 0.563. The van der Waals surface area contributed by atoms with Crippen molar-refractivity contribution in [2.45, 2.75) is 57.2 Å². The number of pyridine rings is 1. The Morgan fingerprint density at radius 2 is 2.21 bits per heavy atom. The molecule has 1 aliphatic heterocycles. The Bertz CT molecular complexity index is 655. The molecule has 1 aromatic rings. The van der Waals surface area contributed by atoms with Gasteiger partial charge >= 0.3 is 0 Å². The SMILES string of the molecule is CC[C@@H]1Cc2ncc(C(=O)NO)cc2CN1CC12CC(NC)(C1)C2. The second kappa shape index (κ2) is 5.51. The molecule has 0 spiro atoms. The number of amides is 1. The summed E-state index contributed by atoms with van der Waals surface area (Å²) in [5.74, 6) is -0.496. The summed E-state index contributed by atoms with van der Waals surface area (Å²) in [5.41, 5.74) is 5.27. The lowest BCUT2D eigenvalue weighted by Crippen LogP contribution is -2.75. The number of carbonyl (C=O) groups excluding carboxylic acids is 1. The zero-order valence-corrected chi connectivity index (χ0v) is 14.4. The summed E-state index contributed by atoms with van der Waals surface area (Å²) >= 11 is 0. The molecule has 5 rings (SSSR count). The van der Waals surface area contributed by atoms with Crippen molar-refractivity contribution in [2.75, 3.05) is 13.6 Å². The highest BCUT2D eigenvalue weighted by molar-refractivity contribution is 5.93. The summed E-state index contributed by atoms with van der Waals surface area (Å²) < 4.78 is 0. The molecule has 3 fully saturated rings. The fourth-order valence-electron chi connectivity index (χ4n) is 5.20. The van der Waals surface area contributed by atoms with Crippen molar-refractivity contribution >= 4 is 5.91 Å². The molecule has 6 nitrogen and oxygen atoms in total. The molecule has 3 N–H and O–H groups in total. The summed E-state index contributed by atoms with van der Waals surface area (Å²) in [5, 5.41) is 12.3. The Labute approximate surface area is 142 Å². The number of hydrogen-bond acceptors (Lipinski definition) is 5. The van der Waals surface area contributed by atoms with Crippen LogP contribution in [0.25, 0.3) is 0 Å². The molecule has 130 valence electrons. The molecule has 2 bridgehead atoms. The van der Waals surface area contributed by atoms with E-state index in [1.54, 1.807) is 11.7 Å². The van der Waals surface area contributed by atoms with Gasteiger partial charge in [-0.2, -0.15) is 0 Å². The van der Waals surface area contributed by atoms with Crippen molar-refractivity contribution < 1.29 is 10.0 Å². The van der Waals surface area contributed by atoms with Gasteiger partial charge < -0.3 is 5.32 Å². The molecular weight excluding hydrogens is 304 g/mol. The van der Waals surface area contributed by atoms with Crippen molar-refractivity contribution in [3.8, 4) is 0 Å². The minimum absolute atomic E-state index is 0.422. The van der Waals surface area contributed by atoms with E-state index in [0.717, 1.165) is 37.2 Å². The number of hydroxylamine groups is 1. The van der Waals surface area contributed by atoms with E-state index in [0.29, 0.717) is 22.6 Å². The van der Waals surface area contributed by atoms with Crippen LogP contribution in [0, 0.1) is 5.41 Å². The lowest BCUT2D eigenvalue weighted by Gasteiger charge is -2.72. The number of carbonyl (C=O) groups is 1. The predicted molar refractivity (Wildman–Crippen MR) is 89.8 cm³/mol. The zero-order valence-electron chi connectivity index (χ0n) is 14.4. The maximum absolute atomic E-state index is 11.6. The summed E-state index contributed by atoms with van der Waals surface area (Å²) in [6.45, 7) is 4.24. The van der Waals surface area contributed by atoms with Crippen LogP contribution in [0.2, 0.25) is 0 Å². The van der Waals surface area contributed by atoms with Crippen molar-refractivity contribution in [2.24, 2.45) is 5.41 Å². The van der Waals surface area contributed by atoms with Crippen LogP contribution in [0.3, 0.4) is 0 Å². The Balaban J connectivity index is 1.51. The maximum atomic E-state index is 11.6. The van der Waals surface area contributed by atoms with Crippen LogP contribution in [0.1, 0.15) is 54.2 Å². The van der Waals surface area contributed by atoms with Crippen molar-refractivity contribution in [3.63, 3.8) is 0 Å². The molecule has 24 heavy (non-hydrogen) atoms. The summed E-state index contributed by atoms with van der Waals surface area (Å²) in [7, 11) is 2.08. The first kappa shape index (κ1) is 16.0. The molecule has 0 unspecified atom stereocenters. The number of rotatable bonds is 5. The second-order valence-corrected chi connectivity index (χ2v) is 8.00. The van der Waals surface area contributed by atoms with Crippen LogP contribution in [0.15, 0.2) is 12.3 Å². The van der Waals surface area contributed by atoms with Crippen LogP contribution in [-0.4, -0.2) is 46.2 Å². The lowest BCUT2D eigenvalue weighted by atomic mass is 9.39. The summed E-state index contributed by atoms with van der Waals surface area (Å²) in [6.07, 6.45) is 7.50.